The molecule has 0 unspecified atom stereocenters. The van der Waals surface area contributed by atoms with Crippen molar-refractivity contribution in [3.63, 3.8) is 0 Å². The van der Waals surface area contributed by atoms with Gasteiger partial charge in [-0.05, 0) is 38.1 Å². The van der Waals surface area contributed by atoms with Gasteiger partial charge in [0.05, 0.1) is 5.52 Å². The van der Waals surface area contributed by atoms with Crippen molar-refractivity contribution in [3.05, 3.63) is 65.7 Å². The zero-order valence-electron chi connectivity index (χ0n) is 14.9. The predicted molar refractivity (Wildman–Crippen MR) is 96.8 cm³/mol. The van der Waals surface area contributed by atoms with Gasteiger partial charge in [0.15, 0.2) is 17.3 Å². The van der Waals surface area contributed by atoms with Gasteiger partial charge in [-0.25, -0.2) is 13.8 Å². The van der Waals surface area contributed by atoms with Gasteiger partial charge in [-0.2, -0.15) is 0 Å². The number of fused-ring (bicyclic) bond motifs is 1. The number of aromatic nitrogens is 2. The van der Waals surface area contributed by atoms with E-state index in [9.17, 15) is 18.4 Å². The van der Waals surface area contributed by atoms with Gasteiger partial charge in [-0.1, -0.05) is 6.07 Å². The highest BCUT2D eigenvalue weighted by Gasteiger charge is 2.24. The van der Waals surface area contributed by atoms with Crippen LogP contribution in [0.3, 0.4) is 0 Å². The SMILES string of the molecule is CCN(CC)C(=O)c1nc(C(=O)Nc2ccc(F)c(F)c2)n2ccccc12. The van der Waals surface area contributed by atoms with Crippen molar-refractivity contribution in [2.24, 2.45) is 0 Å². The summed E-state index contributed by atoms with van der Waals surface area (Å²) < 4.78 is 27.9. The summed E-state index contributed by atoms with van der Waals surface area (Å²) in [5.74, 6) is -3.02. The highest BCUT2D eigenvalue weighted by molar-refractivity contribution is 6.06. The normalized spacial score (nSPS) is 10.8. The van der Waals surface area contributed by atoms with E-state index in [0.29, 0.717) is 18.6 Å². The molecule has 2 aromatic heterocycles. The average molecular weight is 372 g/mol. The van der Waals surface area contributed by atoms with Crippen molar-refractivity contribution in [1.29, 1.82) is 0 Å². The predicted octanol–water partition coefficient (Wildman–Crippen LogP) is 3.35. The van der Waals surface area contributed by atoms with Crippen molar-refractivity contribution in [3.8, 4) is 0 Å². The van der Waals surface area contributed by atoms with Gasteiger partial charge in [0.1, 0.15) is 0 Å². The second kappa shape index (κ2) is 7.53. The molecule has 3 rings (SSSR count). The lowest BCUT2D eigenvalue weighted by Gasteiger charge is -2.17. The summed E-state index contributed by atoms with van der Waals surface area (Å²) in [6, 6.07) is 8.18. The molecule has 1 N–H and O–H groups in total. The van der Waals surface area contributed by atoms with E-state index in [1.807, 2.05) is 13.8 Å². The Morgan fingerprint density at radius 2 is 1.85 bits per heavy atom. The van der Waals surface area contributed by atoms with Crippen LogP contribution in [0, 0.1) is 11.6 Å². The van der Waals surface area contributed by atoms with Gasteiger partial charge in [-0.15, -0.1) is 0 Å². The standard InChI is InChI=1S/C19H18F2N4O2/c1-3-24(4-2)19(27)16-15-7-5-6-10-25(15)17(23-16)18(26)22-12-8-9-13(20)14(21)11-12/h5-11H,3-4H2,1-2H3,(H,22,26). The minimum absolute atomic E-state index is 0.0224. The van der Waals surface area contributed by atoms with E-state index in [0.717, 1.165) is 12.1 Å². The fourth-order valence-electron chi connectivity index (χ4n) is 2.78. The molecule has 6 nitrogen and oxygen atoms in total. The maximum atomic E-state index is 13.4. The summed E-state index contributed by atoms with van der Waals surface area (Å²) in [7, 11) is 0. The fourth-order valence-corrected chi connectivity index (χ4v) is 2.78. The van der Waals surface area contributed by atoms with Gasteiger partial charge >= 0.3 is 0 Å². The van der Waals surface area contributed by atoms with E-state index < -0.39 is 17.5 Å². The Hall–Kier alpha value is -3.29. The number of amides is 2. The van der Waals surface area contributed by atoms with Crippen molar-refractivity contribution < 1.29 is 18.4 Å². The fraction of sp³-hybridized carbons (Fsp3) is 0.211. The van der Waals surface area contributed by atoms with Crippen molar-refractivity contribution in [1.82, 2.24) is 14.3 Å². The first-order chi connectivity index (χ1) is 13.0. The van der Waals surface area contributed by atoms with E-state index >= 15 is 0 Å². The molecular weight excluding hydrogens is 354 g/mol. The Labute approximate surface area is 154 Å². The minimum atomic E-state index is -1.07. The van der Waals surface area contributed by atoms with E-state index in [2.05, 4.69) is 10.3 Å². The van der Waals surface area contributed by atoms with Crippen LogP contribution in [0.25, 0.3) is 5.52 Å². The summed E-state index contributed by atoms with van der Waals surface area (Å²) in [5.41, 5.74) is 0.739. The Bertz CT molecular complexity index is 1010. The summed E-state index contributed by atoms with van der Waals surface area (Å²) in [5, 5.41) is 2.47. The van der Waals surface area contributed by atoms with Crippen LogP contribution < -0.4 is 5.32 Å². The van der Waals surface area contributed by atoms with Crippen LogP contribution in [0.5, 0.6) is 0 Å². The minimum Gasteiger partial charge on any atom is -0.338 e. The van der Waals surface area contributed by atoms with Crippen molar-refractivity contribution >= 4 is 23.0 Å². The topological polar surface area (TPSA) is 66.7 Å². The molecule has 2 amide bonds. The molecule has 0 radical (unpaired) electrons. The molecule has 0 aliphatic carbocycles. The van der Waals surface area contributed by atoms with Gasteiger partial charge < -0.3 is 10.2 Å². The number of carbonyl (C=O) groups excluding carboxylic acids is 2. The lowest BCUT2D eigenvalue weighted by atomic mass is 10.3. The van der Waals surface area contributed by atoms with E-state index in [1.54, 1.807) is 29.3 Å². The molecule has 0 bridgehead atoms. The summed E-state index contributed by atoms with van der Waals surface area (Å²) in [6.45, 7) is 4.74. The third-order valence-corrected chi connectivity index (χ3v) is 4.18. The van der Waals surface area contributed by atoms with Crippen LogP contribution in [-0.2, 0) is 0 Å². The van der Waals surface area contributed by atoms with Gasteiger partial charge in [0, 0.05) is 31.0 Å². The Balaban J connectivity index is 2.00. The third kappa shape index (κ3) is 3.51. The molecule has 2 heterocycles. The molecule has 140 valence electrons. The molecule has 3 aromatic rings. The molecule has 0 saturated heterocycles. The summed E-state index contributed by atoms with van der Waals surface area (Å²) in [6.07, 6.45) is 1.61. The molecule has 0 atom stereocenters. The number of anilines is 1. The van der Waals surface area contributed by atoms with Crippen LogP contribution in [0.15, 0.2) is 42.6 Å². The van der Waals surface area contributed by atoms with E-state index in [-0.39, 0.29) is 23.1 Å². The monoisotopic (exact) mass is 372 g/mol. The van der Waals surface area contributed by atoms with Crippen LogP contribution in [0.2, 0.25) is 0 Å². The smallest absolute Gasteiger partial charge is 0.292 e. The summed E-state index contributed by atoms with van der Waals surface area (Å²) in [4.78, 5) is 31.2. The number of halogens is 2. The van der Waals surface area contributed by atoms with Gasteiger partial charge in [0.25, 0.3) is 11.8 Å². The third-order valence-electron chi connectivity index (χ3n) is 4.18. The molecule has 0 aliphatic heterocycles. The molecule has 1 aromatic carbocycles. The average Bonchev–Trinajstić information content (AvgIpc) is 3.05. The second-order valence-electron chi connectivity index (χ2n) is 5.80. The lowest BCUT2D eigenvalue weighted by molar-refractivity contribution is 0.0769. The second-order valence-corrected chi connectivity index (χ2v) is 5.80. The molecule has 0 aliphatic rings. The largest absolute Gasteiger partial charge is 0.338 e. The zero-order chi connectivity index (χ0) is 19.6. The first-order valence-corrected chi connectivity index (χ1v) is 8.49. The Morgan fingerprint density at radius 3 is 2.52 bits per heavy atom. The van der Waals surface area contributed by atoms with Gasteiger partial charge in [-0.3, -0.25) is 14.0 Å². The van der Waals surface area contributed by atoms with Crippen molar-refractivity contribution in [2.45, 2.75) is 13.8 Å². The molecular formula is C19H18F2N4O2. The molecule has 0 saturated carbocycles. The van der Waals surface area contributed by atoms with Crippen molar-refractivity contribution in [2.75, 3.05) is 18.4 Å². The Kier molecular flexibility index (Phi) is 5.16. The van der Waals surface area contributed by atoms with E-state index in [4.69, 9.17) is 0 Å². The van der Waals surface area contributed by atoms with Crippen LogP contribution >= 0.6 is 0 Å². The molecule has 8 heteroatoms. The lowest BCUT2D eigenvalue weighted by Crippen LogP contribution is -2.31. The Morgan fingerprint density at radius 1 is 1.11 bits per heavy atom. The van der Waals surface area contributed by atoms with Crippen LogP contribution in [-0.4, -0.2) is 39.2 Å². The number of nitrogens with one attached hydrogen (secondary N) is 1. The number of imidazole rings is 1. The quantitative estimate of drug-likeness (QED) is 0.747. The zero-order valence-corrected chi connectivity index (χ0v) is 14.9. The number of nitrogens with zero attached hydrogens (tertiary/aromatic N) is 3. The highest BCUT2D eigenvalue weighted by Crippen LogP contribution is 2.18. The maximum absolute atomic E-state index is 13.4. The first kappa shape index (κ1) is 18.5. The molecule has 0 spiro atoms. The highest BCUT2D eigenvalue weighted by atomic mass is 19.2. The summed E-state index contributed by atoms with van der Waals surface area (Å²) >= 11 is 0. The number of hydrogen-bond donors (Lipinski definition) is 1. The van der Waals surface area contributed by atoms with Gasteiger partial charge in [0.2, 0.25) is 5.82 Å². The number of benzene rings is 1. The molecule has 27 heavy (non-hydrogen) atoms. The number of hydrogen-bond acceptors (Lipinski definition) is 3. The van der Waals surface area contributed by atoms with Crippen LogP contribution in [0.1, 0.15) is 35.0 Å². The number of carbonyl (C=O) groups is 2. The first-order valence-electron chi connectivity index (χ1n) is 8.49. The maximum Gasteiger partial charge on any atom is 0.292 e. The number of pyridine rings is 1. The van der Waals surface area contributed by atoms with Crippen LogP contribution in [0.4, 0.5) is 14.5 Å². The molecule has 0 fully saturated rings. The number of rotatable bonds is 5. The van der Waals surface area contributed by atoms with E-state index in [1.165, 1.54) is 10.5 Å².